The lowest BCUT2D eigenvalue weighted by Gasteiger charge is -2.28. The maximum atomic E-state index is 12.0. The Bertz CT molecular complexity index is 843. The van der Waals surface area contributed by atoms with Gasteiger partial charge in [0.2, 0.25) is 0 Å². The van der Waals surface area contributed by atoms with Gasteiger partial charge in [-0.2, -0.15) is 0 Å². The number of esters is 1. The van der Waals surface area contributed by atoms with Crippen LogP contribution in [0.5, 0.6) is 0 Å². The standard InChI is InChI=1S/C27H32N2O2/c1-2-31-27(30)19-28-26(18-23-12-6-3-7-13-23)22-29(20-24-14-8-4-9-15-24)21-25-16-10-5-11-17-25/h3-17,26,28H,2,18-22H2,1H3/t26-/m0/s1. The zero-order valence-corrected chi connectivity index (χ0v) is 18.2. The predicted octanol–water partition coefficient (Wildman–Crippen LogP) is 4.45. The maximum absolute atomic E-state index is 12.0. The summed E-state index contributed by atoms with van der Waals surface area (Å²) in [4.78, 5) is 14.4. The van der Waals surface area contributed by atoms with E-state index in [9.17, 15) is 4.79 Å². The number of nitrogens with one attached hydrogen (secondary N) is 1. The largest absolute Gasteiger partial charge is 0.465 e. The molecule has 0 radical (unpaired) electrons. The second kappa shape index (κ2) is 12.7. The lowest BCUT2D eigenvalue weighted by molar-refractivity contribution is -0.142. The van der Waals surface area contributed by atoms with Crippen LogP contribution >= 0.6 is 0 Å². The highest BCUT2D eigenvalue weighted by atomic mass is 16.5. The Hall–Kier alpha value is -2.95. The van der Waals surface area contributed by atoms with E-state index in [1.165, 1.54) is 16.7 Å². The highest BCUT2D eigenvalue weighted by Crippen LogP contribution is 2.13. The number of hydrogen-bond donors (Lipinski definition) is 1. The Morgan fingerprint density at radius 3 is 1.77 bits per heavy atom. The van der Waals surface area contributed by atoms with Gasteiger partial charge in [0.25, 0.3) is 0 Å². The van der Waals surface area contributed by atoms with Crippen LogP contribution < -0.4 is 5.32 Å². The van der Waals surface area contributed by atoms with Crippen molar-refractivity contribution in [2.24, 2.45) is 0 Å². The van der Waals surface area contributed by atoms with Crippen molar-refractivity contribution in [3.63, 3.8) is 0 Å². The molecule has 0 saturated carbocycles. The van der Waals surface area contributed by atoms with Crippen molar-refractivity contribution in [1.82, 2.24) is 10.2 Å². The normalized spacial score (nSPS) is 11.9. The second-order valence-corrected chi connectivity index (χ2v) is 7.71. The number of carbonyl (C=O) groups excluding carboxylic acids is 1. The van der Waals surface area contributed by atoms with Gasteiger partial charge in [-0.3, -0.25) is 9.69 Å². The first-order valence-corrected chi connectivity index (χ1v) is 11.0. The first-order chi connectivity index (χ1) is 15.2. The van der Waals surface area contributed by atoms with E-state index in [-0.39, 0.29) is 18.6 Å². The first-order valence-electron chi connectivity index (χ1n) is 11.0. The number of hydrogen-bond acceptors (Lipinski definition) is 4. The molecule has 0 saturated heterocycles. The molecule has 1 N–H and O–H groups in total. The number of carbonyl (C=O) groups is 1. The SMILES string of the molecule is CCOC(=O)CN[C@@H](Cc1ccccc1)CN(Cc1ccccc1)Cc1ccccc1. The van der Waals surface area contributed by atoms with Crippen molar-refractivity contribution < 1.29 is 9.53 Å². The van der Waals surface area contributed by atoms with Gasteiger partial charge >= 0.3 is 5.97 Å². The molecule has 0 aliphatic rings. The maximum Gasteiger partial charge on any atom is 0.319 e. The molecule has 0 amide bonds. The van der Waals surface area contributed by atoms with E-state index >= 15 is 0 Å². The van der Waals surface area contributed by atoms with E-state index in [4.69, 9.17) is 4.74 Å². The highest BCUT2D eigenvalue weighted by Gasteiger charge is 2.17. The third kappa shape index (κ3) is 8.36. The van der Waals surface area contributed by atoms with E-state index in [1.807, 2.05) is 25.1 Å². The van der Waals surface area contributed by atoms with Crippen LogP contribution in [0, 0.1) is 0 Å². The molecule has 0 aromatic heterocycles. The Morgan fingerprint density at radius 1 is 0.806 bits per heavy atom. The lowest BCUT2D eigenvalue weighted by Crippen LogP contribution is -2.44. The van der Waals surface area contributed by atoms with Gasteiger partial charge < -0.3 is 10.1 Å². The van der Waals surface area contributed by atoms with Crippen LogP contribution in [0.3, 0.4) is 0 Å². The van der Waals surface area contributed by atoms with Crippen molar-refractivity contribution in [2.45, 2.75) is 32.5 Å². The smallest absolute Gasteiger partial charge is 0.319 e. The van der Waals surface area contributed by atoms with Crippen molar-refractivity contribution in [1.29, 1.82) is 0 Å². The monoisotopic (exact) mass is 416 g/mol. The summed E-state index contributed by atoms with van der Waals surface area (Å²) in [6.45, 7) is 4.97. The van der Waals surface area contributed by atoms with Crippen LogP contribution in [0.2, 0.25) is 0 Å². The summed E-state index contributed by atoms with van der Waals surface area (Å²) in [6, 6.07) is 31.6. The summed E-state index contributed by atoms with van der Waals surface area (Å²) in [5.74, 6) is -0.210. The van der Waals surface area contributed by atoms with Gasteiger partial charge in [-0.15, -0.1) is 0 Å². The molecular formula is C27H32N2O2. The molecule has 4 nitrogen and oxygen atoms in total. The van der Waals surface area contributed by atoms with Gasteiger partial charge in [0, 0.05) is 25.7 Å². The average molecular weight is 417 g/mol. The topological polar surface area (TPSA) is 41.6 Å². The molecule has 162 valence electrons. The predicted molar refractivity (Wildman–Crippen MR) is 126 cm³/mol. The zero-order valence-electron chi connectivity index (χ0n) is 18.2. The van der Waals surface area contributed by atoms with Gasteiger partial charge in [-0.1, -0.05) is 91.0 Å². The third-order valence-electron chi connectivity index (χ3n) is 5.14. The lowest BCUT2D eigenvalue weighted by atomic mass is 10.0. The van der Waals surface area contributed by atoms with Crippen molar-refractivity contribution in [3.05, 3.63) is 108 Å². The molecule has 4 heteroatoms. The third-order valence-corrected chi connectivity index (χ3v) is 5.14. The average Bonchev–Trinajstić information content (AvgIpc) is 2.80. The number of rotatable bonds is 12. The molecule has 0 heterocycles. The van der Waals surface area contributed by atoms with Crippen LogP contribution in [-0.2, 0) is 29.0 Å². The minimum absolute atomic E-state index is 0.124. The summed E-state index contributed by atoms with van der Waals surface area (Å²) >= 11 is 0. The molecule has 31 heavy (non-hydrogen) atoms. The quantitative estimate of drug-likeness (QED) is 0.443. The molecule has 3 aromatic carbocycles. The Balaban J connectivity index is 1.74. The summed E-state index contributed by atoms with van der Waals surface area (Å²) < 4.78 is 5.12. The Kier molecular flexibility index (Phi) is 9.30. The van der Waals surface area contributed by atoms with Crippen molar-refractivity contribution in [3.8, 4) is 0 Å². The molecule has 0 aliphatic heterocycles. The van der Waals surface area contributed by atoms with E-state index in [1.54, 1.807) is 0 Å². The summed E-state index contributed by atoms with van der Waals surface area (Å²) in [6.07, 6.45) is 0.848. The van der Waals surface area contributed by atoms with Gasteiger partial charge in [-0.05, 0) is 30.0 Å². The highest BCUT2D eigenvalue weighted by molar-refractivity contribution is 5.71. The minimum atomic E-state index is -0.210. The van der Waals surface area contributed by atoms with Crippen LogP contribution in [0.25, 0.3) is 0 Å². The van der Waals surface area contributed by atoms with Gasteiger partial charge in [0.15, 0.2) is 0 Å². The Morgan fingerprint density at radius 2 is 1.29 bits per heavy atom. The molecule has 3 rings (SSSR count). The molecule has 0 bridgehead atoms. The fraction of sp³-hybridized carbons (Fsp3) is 0.296. The van der Waals surface area contributed by atoms with Crippen LogP contribution in [0.1, 0.15) is 23.6 Å². The van der Waals surface area contributed by atoms with E-state index < -0.39 is 0 Å². The van der Waals surface area contributed by atoms with Crippen LogP contribution in [0.4, 0.5) is 0 Å². The van der Waals surface area contributed by atoms with Crippen molar-refractivity contribution in [2.75, 3.05) is 19.7 Å². The number of benzene rings is 3. The molecule has 3 aromatic rings. The summed E-state index contributed by atoms with van der Waals surface area (Å²) in [5.41, 5.74) is 3.81. The first kappa shape index (κ1) is 22.7. The Labute approximate surface area is 185 Å². The molecular weight excluding hydrogens is 384 g/mol. The van der Waals surface area contributed by atoms with Crippen LogP contribution in [0.15, 0.2) is 91.0 Å². The van der Waals surface area contributed by atoms with Gasteiger partial charge in [0.05, 0.1) is 13.2 Å². The fourth-order valence-corrected chi connectivity index (χ4v) is 3.72. The van der Waals surface area contributed by atoms with Gasteiger partial charge in [-0.25, -0.2) is 0 Å². The van der Waals surface area contributed by atoms with E-state index in [0.717, 1.165) is 26.1 Å². The molecule has 0 aliphatic carbocycles. The molecule has 1 atom stereocenters. The van der Waals surface area contributed by atoms with E-state index in [0.29, 0.717) is 6.61 Å². The summed E-state index contributed by atoms with van der Waals surface area (Å²) in [7, 11) is 0. The van der Waals surface area contributed by atoms with Gasteiger partial charge in [0.1, 0.15) is 0 Å². The number of nitrogens with zero attached hydrogens (tertiary/aromatic N) is 1. The second-order valence-electron chi connectivity index (χ2n) is 7.71. The molecule has 0 fully saturated rings. The summed E-state index contributed by atoms with van der Waals surface area (Å²) in [5, 5.41) is 3.44. The number of ether oxygens (including phenoxy) is 1. The zero-order chi connectivity index (χ0) is 21.7. The van der Waals surface area contributed by atoms with E-state index in [2.05, 4.69) is 83.0 Å². The minimum Gasteiger partial charge on any atom is -0.465 e. The van der Waals surface area contributed by atoms with Crippen molar-refractivity contribution >= 4 is 5.97 Å². The van der Waals surface area contributed by atoms with Crippen LogP contribution in [-0.4, -0.2) is 36.6 Å². The molecule has 0 spiro atoms. The molecule has 0 unspecified atom stereocenters. The fourth-order valence-electron chi connectivity index (χ4n) is 3.72.